The number of amides is 2. The van der Waals surface area contributed by atoms with Gasteiger partial charge in [0.25, 0.3) is 0 Å². The zero-order valence-corrected chi connectivity index (χ0v) is 14.5. The van der Waals surface area contributed by atoms with Crippen molar-refractivity contribution in [1.29, 1.82) is 0 Å². The van der Waals surface area contributed by atoms with E-state index in [9.17, 15) is 9.59 Å². The van der Waals surface area contributed by atoms with E-state index in [0.29, 0.717) is 51.9 Å². The molecule has 134 valence electrons. The summed E-state index contributed by atoms with van der Waals surface area (Å²) in [5.41, 5.74) is 12.4. The van der Waals surface area contributed by atoms with E-state index < -0.39 is 0 Å². The second-order valence-electron chi connectivity index (χ2n) is 6.12. The Kier molecular flexibility index (Phi) is 7.45. The zero-order chi connectivity index (χ0) is 18.1. The third-order valence-corrected chi connectivity index (χ3v) is 4.30. The Morgan fingerprint density at radius 3 is 2.44 bits per heavy atom. The van der Waals surface area contributed by atoms with Crippen LogP contribution in [0.3, 0.4) is 0 Å². The highest BCUT2D eigenvalue weighted by Crippen LogP contribution is 2.20. The Labute approximate surface area is 148 Å². The topological polar surface area (TPSA) is 101 Å². The third-order valence-electron chi connectivity index (χ3n) is 4.30. The number of nitrogens with zero attached hydrogens (tertiary/aromatic N) is 1. The van der Waals surface area contributed by atoms with Crippen LogP contribution < -0.4 is 16.8 Å². The molecule has 0 atom stereocenters. The number of hydrogen-bond donors (Lipinski definition) is 3. The maximum atomic E-state index is 12.4. The minimum Gasteiger partial charge on any atom is -0.343 e. The van der Waals surface area contributed by atoms with Gasteiger partial charge < -0.3 is 21.7 Å². The number of hydrogen-bond acceptors (Lipinski definition) is 4. The highest BCUT2D eigenvalue weighted by molar-refractivity contribution is 5.92. The first kappa shape index (κ1) is 19.0. The molecule has 0 aromatic heterocycles. The number of carbonyl (C=O) groups excluding carboxylic acids is 2. The van der Waals surface area contributed by atoms with Crippen molar-refractivity contribution in [2.24, 2.45) is 17.4 Å². The summed E-state index contributed by atoms with van der Waals surface area (Å²) in [6, 6.07) is 7.39. The standard InChI is InChI=1S/C19H26N4O2/c20-11-1-3-15-5-7-17(8-6-15)22-19(25)16-9-13-23(14-10-16)18(24)4-2-12-21/h5-8,16H,2,4,9-14,20-21H2,(H,22,25). The summed E-state index contributed by atoms with van der Waals surface area (Å²) in [6.07, 6.45) is 2.60. The van der Waals surface area contributed by atoms with E-state index in [0.717, 1.165) is 11.3 Å². The highest BCUT2D eigenvalue weighted by Gasteiger charge is 2.27. The largest absolute Gasteiger partial charge is 0.343 e. The fraction of sp³-hybridized carbons (Fsp3) is 0.474. The Balaban J connectivity index is 1.81. The molecule has 0 unspecified atom stereocenters. The molecule has 2 amide bonds. The summed E-state index contributed by atoms with van der Waals surface area (Å²) >= 11 is 0. The molecule has 0 radical (unpaired) electrons. The normalized spacial score (nSPS) is 14.6. The van der Waals surface area contributed by atoms with Gasteiger partial charge in [-0.25, -0.2) is 0 Å². The third kappa shape index (κ3) is 5.89. The average molecular weight is 342 g/mol. The molecule has 0 aliphatic carbocycles. The van der Waals surface area contributed by atoms with Crippen LogP contribution in [0.25, 0.3) is 0 Å². The van der Waals surface area contributed by atoms with Gasteiger partial charge >= 0.3 is 0 Å². The lowest BCUT2D eigenvalue weighted by Crippen LogP contribution is -2.41. The van der Waals surface area contributed by atoms with Crippen LogP contribution in [0, 0.1) is 17.8 Å². The van der Waals surface area contributed by atoms with E-state index in [-0.39, 0.29) is 17.7 Å². The number of rotatable bonds is 5. The van der Waals surface area contributed by atoms with Crippen molar-refractivity contribution in [2.45, 2.75) is 25.7 Å². The zero-order valence-electron chi connectivity index (χ0n) is 14.5. The number of nitrogens with one attached hydrogen (secondary N) is 1. The van der Waals surface area contributed by atoms with Gasteiger partial charge in [-0.2, -0.15) is 0 Å². The smallest absolute Gasteiger partial charge is 0.227 e. The molecule has 1 heterocycles. The second kappa shape index (κ2) is 9.82. The molecule has 1 fully saturated rings. The summed E-state index contributed by atoms with van der Waals surface area (Å²) in [7, 11) is 0. The minimum absolute atomic E-state index is 0.00912. The maximum absolute atomic E-state index is 12.4. The highest BCUT2D eigenvalue weighted by atomic mass is 16.2. The molecule has 25 heavy (non-hydrogen) atoms. The molecule has 1 aromatic carbocycles. The van der Waals surface area contributed by atoms with Crippen LogP contribution in [0.5, 0.6) is 0 Å². The monoisotopic (exact) mass is 342 g/mol. The van der Waals surface area contributed by atoms with Gasteiger partial charge in [0, 0.05) is 36.7 Å². The van der Waals surface area contributed by atoms with Gasteiger partial charge in [0.15, 0.2) is 0 Å². The van der Waals surface area contributed by atoms with Crippen LogP contribution in [-0.2, 0) is 9.59 Å². The predicted molar refractivity (Wildman–Crippen MR) is 98.6 cm³/mol. The number of carbonyl (C=O) groups is 2. The molecule has 5 N–H and O–H groups in total. The SMILES string of the molecule is NCC#Cc1ccc(NC(=O)C2CCN(C(=O)CCCN)CC2)cc1. The van der Waals surface area contributed by atoms with Gasteiger partial charge in [-0.1, -0.05) is 11.8 Å². The molecule has 6 nitrogen and oxygen atoms in total. The van der Waals surface area contributed by atoms with E-state index in [4.69, 9.17) is 11.5 Å². The van der Waals surface area contributed by atoms with Crippen LogP contribution in [0.4, 0.5) is 5.69 Å². The number of benzene rings is 1. The summed E-state index contributed by atoms with van der Waals surface area (Å²) < 4.78 is 0. The Morgan fingerprint density at radius 2 is 1.84 bits per heavy atom. The minimum atomic E-state index is -0.0599. The molecule has 6 heteroatoms. The molecule has 2 rings (SSSR count). The van der Waals surface area contributed by atoms with E-state index in [1.165, 1.54) is 0 Å². The number of anilines is 1. The number of nitrogens with two attached hydrogens (primary N) is 2. The molecule has 0 spiro atoms. The molecular weight excluding hydrogens is 316 g/mol. The van der Waals surface area contributed by atoms with Crippen molar-refractivity contribution in [3.8, 4) is 11.8 Å². The quantitative estimate of drug-likeness (QED) is 0.692. The summed E-state index contributed by atoms with van der Waals surface area (Å²) in [5.74, 6) is 5.83. The van der Waals surface area contributed by atoms with E-state index in [2.05, 4.69) is 17.2 Å². The van der Waals surface area contributed by atoms with Gasteiger partial charge in [-0.3, -0.25) is 9.59 Å². The van der Waals surface area contributed by atoms with Gasteiger partial charge in [0.2, 0.25) is 11.8 Å². The molecule has 1 aromatic rings. The fourth-order valence-electron chi connectivity index (χ4n) is 2.84. The van der Waals surface area contributed by atoms with Crippen molar-refractivity contribution in [3.63, 3.8) is 0 Å². The Morgan fingerprint density at radius 1 is 1.16 bits per heavy atom. The summed E-state index contributed by atoms with van der Waals surface area (Å²) in [6.45, 7) is 2.12. The number of piperidine rings is 1. The van der Waals surface area contributed by atoms with E-state index >= 15 is 0 Å². The van der Waals surface area contributed by atoms with Crippen molar-refractivity contribution in [2.75, 3.05) is 31.5 Å². The van der Waals surface area contributed by atoms with Crippen LogP contribution in [0.1, 0.15) is 31.2 Å². The number of likely N-dealkylation sites (tertiary alicyclic amines) is 1. The molecule has 1 saturated heterocycles. The first-order valence-electron chi connectivity index (χ1n) is 8.71. The predicted octanol–water partition coefficient (Wildman–Crippen LogP) is 0.913. The van der Waals surface area contributed by atoms with Crippen molar-refractivity contribution in [3.05, 3.63) is 29.8 Å². The summed E-state index contributed by atoms with van der Waals surface area (Å²) in [4.78, 5) is 26.2. The van der Waals surface area contributed by atoms with Crippen molar-refractivity contribution in [1.82, 2.24) is 4.90 Å². The van der Waals surface area contributed by atoms with Crippen molar-refractivity contribution >= 4 is 17.5 Å². The lowest BCUT2D eigenvalue weighted by molar-refractivity contribution is -0.134. The first-order valence-corrected chi connectivity index (χ1v) is 8.71. The summed E-state index contributed by atoms with van der Waals surface area (Å²) in [5, 5.41) is 2.94. The first-order chi connectivity index (χ1) is 12.1. The molecule has 1 aliphatic rings. The average Bonchev–Trinajstić information content (AvgIpc) is 2.65. The molecule has 0 saturated carbocycles. The van der Waals surface area contributed by atoms with Gasteiger partial charge in [0.05, 0.1) is 6.54 Å². The van der Waals surface area contributed by atoms with Gasteiger partial charge in [-0.15, -0.1) is 0 Å². The van der Waals surface area contributed by atoms with Gasteiger partial charge in [0.1, 0.15) is 0 Å². The fourth-order valence-corrected chi connectivity index (χ4v) is 2.84. The van der Waals surface area contributed by atoms with E-state index in [1.807, 2.05) is 29.2 Å². The van der Waals surface area contributed by atoms with E-state index in [1.54, 1.807) is 0 Å². The lowest BCUT2D eigenvalue weighted by Gasteiger charge is -2.31. The second-order valence-corrected chi connectivity index (χ2v) is 6.12. The maximum Gasteiger partial charge on any atom is 0.227 e. The van der Waals surface area contributed by atoms with Crippen LogP contribution >= 0.6 is 0 Å². The lowest BCUT2D eigenvalue weighted by atomic mass is 9.95. The molecular formula is C19H26N4O2. The van der Waals surface area contributed by atoms with Crippen LogP contribution in [0.15, 0.2) is 24.3 Å². The Bertz CT molecular complexity index is 638. The van der Waals surface area contributed by atoms with Crippen LogP contribution in [0.2, 0.25) is 0 Å². The Hall–Kier alpha value is -2.36. The van der Waals surface area contributed by atoms with Gasteiger partial charge in [-0.05, 0) is 50.1 Å². The molecule has 0 bridgehead atoms. The van der Waals surface area contributed by atoms with Crippen molar-refractivity contribution < 1.29 is 9.59 Å². The van der Waals surface area contributed by atoms with Crippen LogP contribution in [-0.4, -0.2) is 42.9 Å². The molecule has 1 aliphatic heterocycles.